The molecule has 1 N–H and O–H groups in total. The van der Waals surface area contributed by atoms with Gasteiger partial charge in [-0.1, -0.05) is 29.8 Å². The predicted molar refractivity (Wildman–Crippen MR) is 92.9 cm³/mol. The van der Waals surface area contributed by atoms with Crippen LogP contribution in [0.1, 0.15) is 24.6 Å². The van der Waals surface area contributed by atoms with Crippen molar-refractivity contribution in [3.63, 3.8) is 0 Å². The molecule has 0 radical (unpaired) electrons. The fraction of sp³-hybridized carbons (Fsp3) is 0.450. The molecule has 1 fully saturated rings. The van der Waals surface area contributed by atoms with Crippen molar-refractivity contribution in [2.45, 2.75) is 31.2 Å². The first-order valence-corrected chi connectivity index (χ1v) is 8.76. The standard InChI is InChI=1S/C20H22N2O2/c1-12-9-13-10-20(19(23)24-2)17-15(7-8-22(11-13)18(12)20)14-5-3-4-6-16(14)21-17/h3-6,9,13,18,21H,7-8,10-11H2,1-2H3. The lowest BCUT2D eigenvalue weighted by molar-refractivity contribution is -0.153. The number of aromatic nitrogens is 1. The third kappa shape index (κ3) is 1.59. The van der Waals surface area contributed by atoms with Crippen molar-refractivity contribution in [1.29, 1.82) is 0 Å². The van der Waals surface area contributed by atoms with Crippen LogP contribution in [-0.4, -0.2) is 42.1 Å². The van der Waals surface area contributed by atoms with Gasteiger partial charge >= 0.3 is 5.97 Å². The summed E-state index contributed by atoms with van der Waals surface area (Å²) in [5.41, 5.74) is 4.25. The third-order valence-corrected chi connectivity index (χ3v) is 6.27. The maximum Gasteiger partial charge on any atom is 0.319 e. The molecule has 1 aromatic carbocycles. The molecule has 4 aliphatic rings. The van der Waals surface area contributed by atoms with Gasteiger partial charge in [0.15, 0.2) is 0 Å². The highest BCUT2D eigenvalue weighted by Crippen LogP contribution is 2.52. The number of hydrogen-bond donors (Lipinski definition) is 1. The Balaban J connectivity index is 1.85. The molecule has 0 amide bonds. The van der Waals surface area contributed by atoms with Crippen LogP contribution in [0.2, 0.25) is 0 Å². The highest BCUT2D eigenvalue weighted by atomic mass is 16.5. The van der Waals surface area contributed by atoms with Crippen molar-refractivity contribution in [2.75, 3.05) is 20.2 Å². The molecule has 1 aromatic heterocycles. The van der Waals surface area contributed by atoms with Gasteiger partial charge in [-0.3, -0.25) is 9.69 Å². The van der Waals surface area contributed by atoms with Crippen molar-refractivity contribution in [3.05, 3.63) is 47.2 Å². The van der Waals surface area contributed by atoms with E-state index in [2.05, 4.69) is 41.1 Å². The number of hydrogen-bond acceptors (Lipinski definition) is 3. The van der Waals surface area contributed by atoms with Crippen LogP contribution in [-0.2, 0) is 21.4 Å². The molecular weight excluding hydrogens is 300 g/mol. The van der Waals surface area contributed by atoms with E-state index in [4.69, 9.17) is 4.74 Å². The molecule has 4 unspecified atom stereocenters. The highest BCUT2D eigenvalue weighted by Gasteiger charge is 2.60. The van der Waals surface area contributed by atoms with Gasteiger partial charge in [0.25, 0.3) is 0 Å². The zero-order valence-corrected chi connectivity index (χ0v) is 14.1. The molecule has 1 saturated heterocycles. The molecule has 2 aromatic rings. The Morgan fingerprint density at radius 3 is 3.00 bits per heavy atom. The first-order valence-electron chi connectivity index (χ1n) is 8.76. The predicted octanol–water partition coefficient (Wildman–Crippen LogP) is 2.79. The second-order valence-corrected chi connectivity index (χ2v) is 7.51. The first kappa shape index (κ1) is 14.3. The number of piperidine rings is 1. The molecule has 4 bridgehead atoms. The molecule has 4 atom stereocenters. The largest absolute Gasteiger partial charge is 0.468 e. The minimum absolute atomic E-state index is 0.0932. The number of methoxy groups -OCH3 is 1. The number of fused-ring (bicyclic) bond motifs is 3. The van der Waals surface area contributed by atoms with Crippen LogP contribution in [0.5, 0.6) is 0 Å². The van der Waals surface area contributed by atoms with Gasteiger partial charge < -0.3 is 9.72 Å². The average molecular weight is 322 g/mol. The summed E-state index contributed by atoms with van der Waals surface area (Å²) in [6.45, 7) is 4.23. The first-order chi connectivity index (χ1) is 11.6. The number of rotatable bonds is 1. The summed E-state index contributed by atoms with van der Waals surface area (Å²) >= 11 is 0. The lowest BCUT2D eigenvalue weighted by Gasteiger charge is -2.53. The summed E-state index contributed by atoms with van der Waals surface area (Å²) in [7, 11) is 1.52. The summed E-state index contributed by atoms with van der Waals surface area (Å²) in [5, 5.41) is 1.25. The van der Waals surface area contributed by atoms with E-state index in [1.54, 1.807) is 0 Å². The second-order valence-electron chi connectivity index (χ2n) is 7.51. The summed E-state index contributed by atoms with van der Waals surface area (Å²) in [5.74, 6) is 0.329. The Kier molecular flexibility index (Phi) is 2.82. The molecule has 3 aliphatic heterocycles. The number of ether oxygens (including phenoxy) is 1. The van der Waals surface area contributed by atoms with E-state index in [0.717, 1.165) is 37.1 Å². The zero-order chi connectivity index (χ0) is 16.5. The number of carbonyl (C=O) groups excluding carboxylic acids is 1. The molecular formula is C20H22N2O2. The van der Waals surface area contributed by atoms with Crippen LogP contribution in [0.3, 0.4) is 0 Å². The molecule has 24 heavy (non-hydrogen) atoms. The van der Waals surface area contributed by atoms with Crippen LogP contribution in [0.25, 0.3) is 10.9 Å². The number of benzene rings is 1. The summed E-state index contributed by atoms with van der Waals surface area (Å²) < 4.78 is 5.36. The summed E-state index contributed by atoms with van der Waals surface area (Å²) in [6.07, 6.45) is 4.20. The van der Waals surface area contributed by atoms with Crippen molar-refractivity contribution >= 4 is 16.9 Å². The van der Waals surface area contributed by atoms with Gasteiger partial charge in [0, 0.05) is 29.7 Å². The molecule has 4 heterocycles. The number of carbonyl (C=O) groups is 1. The van der Waals surface area contributed by atoms with Crippen LogP contribution in [0.15, 0.2) is 35.9 Å². The number of nitrogens with one attached hydrogen (secondary N) is 1. The Labute approximate surface area is 141 Å². The summed E-state index contributed by atoms with van der Waals surface area (Å²) in [4.78, 5) is 19.3. The molecule has 1 aliphatic carbocycles. The Bertz CT molecular complexity index is 881. The zero-order valence-electron chi connectivity index (χ0n) is 14.1. The topological polar surface area (TPSA) is 45.3 Å². The van der Waals surface area contributed by atoms with Gasteiger partial charge in [0.2, 0.25) is 0 Å². The minimum atomic E-state index is -0.596. The fourth-order valence-electron chi connectivity index (χ4n) is 5.59. The Hall–Kier alpha value is -2.07. The van der Waals surface area contributed by atoms with Gasteiger partial charge in [0.05, 0.1) is 13.2 Å². The second kappa shape index (κ2) is 4.73. The molecule has 124 valence electrons. The van der Waals surface area contributed by atoms with E-state index in [1.807, 2.05) is 6.07 Å². The van der Waals surface area contributed by atoms with Crippen LogP contribution >= 0.6 is 0 Å². The fourth-order valence-corrected chi connectivity index (χ4v) is 5.59. The lowest BCUT2D eigenvalue weighted by Crippen LogP contribution is -2.63. The number of esters is 1. The number of para-hydroxylation sites is 1. The SMILES string of the molecule is COC(=O)C12CC3C=C(C)C1N(CCc1c2[nH]c2ccccc12)C3. The quantitative estimate of drug-likeness (QED) is 0.649. The van der Waals surface area contributed by atoms with E-state index in [0.29, 0.717) is 5.92 Å². The minimum Gasteiger partial charge on any atom is -0.468 e. The van der Waals surface area contributed by atoms with Crippen LogP contribution in [0.4, 0.5) is 0 Å². The average Bonchev–Trinajstić information content (AvgIpc) is 2.93. The Morgan fingerprint density at radius 1 is 1.38 bits per heavy atom. The van der Waals surface area contributed by atoms with Gasteiger partial charge in [-0.25, -0.2) is 0 Å². The van der Waals surface area contributed by atoms with Crippen molar-refractivity contribution < 1.29 is 9.53 Å². The van der Waals surface area contributed by atoms with E-state index in [9.17, 15) is 4.79 Å². The van der Waals surface area contributed by atoms with Crippen molar-refractivity contribution in [3.8, 4) is 0 Å². The summed E-state index contributed by atoms with van der Waals surface area (Å²) in [6, 6.07) is 8.52. The van der Waals surface area contributed by atoms with Gasteiger partial charge in [-0.15, -0.1) is 0 Å². The smallest absolute Gasteiger partial charge is 0.319 e. The van der Waals surface area contributed by atoms with Crippen molar-refractivity contribution in [1.82, 2.24) is 9.88 Å². The van der Waals surface area contributed by atoms with Crippen LogP contribution < -0.4 is 0 Å². The maximum absolute atomic E-state index is 13.1. The molecule has 0 saturated carbocycles. The molecule has 6 rings (SSSR count). The van der Waals surface area contributed by atoms with Gasteiger partial charge in [0.1, 0.15) is 5.41 Å². The van der Waals surface area contributed by atoms with Crippen LogP contribution in [0, 0.1) is 5.92 Å². The van der Waals surface area contributed by atoms with E-state index in [-0.39, 0.29) is 12.0 Å². The number of aromatic amines is 1. The van der Waals surface area contributed by atoms with E-state index >= 15 is 0 Å². The Morgan fingerprint density at radius 2 is 2.21 bits per heavy atom. The monoisotopic (exact) mass is 322 g/mol. The van der Waals surface area contributed by atoms with Crippen molar-refractivity contribution in [2.24, 2.45) is 5.92 Å². The number of H-pyrrole nitrogens is 1. The molecule has 0 spiro atoms. The molecule has 4 nitrogen and oxygen atoms in total. The van der Waals surface area contributed by atoms with E-state index < -0.39 is 5.41 Å². The third-order valence-electron chi connectivity index (χ3n) is 6.27. The lowest BCUT2D eigenvalue weighted by atomic mass is 9.61. The molecule has 4 heteroatoms. The normalized spacial score (nSPS) is 33.8. The van der Waals surface area contributed by atoms with Gasteiger partial charge in [-0.05, 0) is 37.3 Å². The highest BCUT2D eigenvalue weighted by molar-refractivity contribution is 5.92. The van der Waals surface area contributed by atoms with E-state index in [1.165, 1.54) is 23.6 Å². The van der Waals surface area contributed by atoms with Gasteiger partial charge in [-0.2, -0.15) is 0 Å². The number of nitrogens with zero attached hydrogens (tertiary/aromatic N) is 1. The maximum atomic E-state index is 13.1.